The van der Waals surface area contributed by atoms with Crippen molar-refractivity contribution in [3.05, 3.63) is 95.1 Å². The van der Waals surface area contributed by atoms with Crippen molar-refractivity contribution >= 4 is 35.0 Å². The van der Waals surface area contributed by atoms with Gasteiger partial charge in [0.2, 0.25) is 5.16 Å². The number of nitrogens with zero attached hydrogens (tertiary/aromatic N) is 1. The van der Waals surface area contributed by atoms with Crippen molar-refractivity contribution in [3.63, 3.8) is 0 Å². The van der Waals surface area contributed by atoms with Crippen LogP contribution in [0.2, 0.25) is 0 Å². The van der Waals surface area contributed by atoms with Crippen LogP contribution < -0.4 is 0 Å². The molecule has 0 bridgehead atoms. The first-order valence-corrected chi connectivity index (χ1v) is 10.8. The lowest BCUT2D eigenvalue weighted by atomic mass is 9.71. The first-order valence-electron chi connectivity index (χ1n) is 10.1. The first kappa shape index (κ1) is 21.6. The van der Waals surface area contributed by atoms with Gasteiger partial charge in [0.1, 0.15) is 17.5 Å². The maximum absolute atomic E-state index is 13.6. The van der Waals surface area contributed by atoms with Crippen LogP contribution in [0.15, 0.2) is 78.0 Å². The fraction of sp³-hybridized carbons (Fsp3) is 0.160. The molecular formula is C25H22N2O4S. The zero-order chi connectivity index (χ0) is 22.7. The van der Waals surface area contributed by atoms with Gasteiger partial charge in [0.05, 0.1) is 17.5 Å². The summed E-state index contributed by atoms with van der Waals surface area (Å²) in [7, 11) is 0. The maximum Gasteiger partial charge on any atom is 0.334 e. The average molecular weight is 447 g/mol. The van der Waals surface area contributed by atoms with E-state index in [0.29, 0.717) is 16.3 Å². The van der Waals surface area contributed by atoms with Gasteiger partial charge in [-0.3, -0.25) is 4.79 Å². The lowest BCUT2D eigenvalue weighted by molar-refractivity contribution is -0.146. The molecule has 0 radical (unpaired) electrons. The Hall–Kier alpha value is -3.58. The molecule has 0 spiro atoms. The van der Waals surface area contributed by atoms with E-state index < -0.39 is 23.8 Å². The highest BCUT2D eigenvalue weighted by molar-refractivity contribution is 7.94. The lowest BCUT2D eigenvalue weighted by Crippen LogP contribution is -2.40. The van der Waals surface area contributed by atoms with Crippen molar-refractivity contribution in [2.24, 2.45) is 0 Å². The number of aromatic nitrogens is 2. The van der Waals surface area contributed by atoms with Crippen LogP contribution in [0.3, 0.4) is 0 Å². The van der Waals surface area contributed by atoms with Gasteiger partial charge >= 0.3 is 11.9 Å². The van der Waals surface area contributed by atoms with Gasteiger partial charge in [0.15, 0.2) is 0 Å². The van der Waals surface area contributed by atoms with E-state index in [4.69, 9.17) is 4.18 Å². The summed E-state index contributed by atoms with van der Waals surface area (Å²) in [6.45, 7) is 3.87. The van der Waals surface area contributed by atoms with Crippen LogP contribution >= 0.6 is 12.0 Å². The molecule has 0 amide bonds. The lowest BCUT2D eigenvalue weighted by Gasteiger charge is -2.31. The highest BCUT2D eigenvalue weighted by Gasteiger charge is 2.46. The standard InChI is InChI=1S/C25H22N2O4S/c1-16-7-11-18(12-8-16)25(15-22(28)29,19-13-9-17(2)10-14-19)23(30)31-32-24-26-20-5-3-4-6-21(20)27-24/h3-14H,15H2,1-2H3,(H,26,27)(H,28,29). The second kappa shape index (κ2) is 8.88. The van der Waals surface area contributed by atoms with Crippen LogP contribution in [0.1, 0.15) is 28.7 Å². The number of rotatable bonds is 7. The Morgan fingerprint density at radius 1 is 0.938 bits per heavy atom. The molecular weight excluding hydrogens is 424 g/mol. The number of nitrogens with one attached hydrogen (secondary N) is 1. The third-order valence-electron chi connectivity index (χ3n) is 5.42. The van der Waals surface area contributed by atoms with Crippen LogP contribution in [0.25, 0.3) is 11.0 Å². The van der Waals surface area contributed by atoms with Crippen LogP contribution in [0, 0.1) is 13.8 Å². The Morgan fingerprint density at radius 3 is 2.03 bits per heavy atom. The summed E-state index contributed by atoms with van der Waals surface area (Å²) < 4.78 is 5.61. The highest BCUT2D eigenvalue weighted by atomic mass is 32.2. The second-order valence-corrected chi connectivity index (χ2v) is 8.44. The Morgan fingerprint density at radius 2 is 1.50 bits per heavy atom. The Bertz CT molecular complexity index is 1180. The van der Waals surface area contributed by atoms with Gasteiger partial charge in [0.25, 0.3) is 0 Å². The zero-order valence-corrected chi connectivity index (χ0v) is 18.5. The maximum atomic E-state index is 13.6. The molecule has 4 rings (SSSR count). The minimum atomic E-state index is -1.51. The predicted octanol–water partition coefficient (Wildman–Crippen LogP) is 5.19. The number of aliphatic carboxylic acids is 1. The van der Waals surface area contributed by atoms with Crippen molar-refractivity contribution < 1.29 is 18.9 Å². The van der Waals surface area contributed by atoms with Crippen molar-refractivity contribution in [3.8, 4) is 0 Å². The number of H-pyrrole nitrogens is 1. The first-order chi connectivity index (χ1) is 15.4. The fourth-order valence-corrected chi connectivity index (χ4v) is 4.28. The van der Waals surface area contributed by atoms with E-state index >= 15 is 0 Å². The summed E-state index contributed by atoms with van der Waals surface area (Å²) in [5, 5.41) is 10.2. The zero-order valence-electron chi connectivity index (χ0n) is 17.7. The van der Waals surface area contributed by atoms with E-state index in [0.717, 1.165) is 34.2 Å². The largest absolute Gasteiger partial charge is 0.481 e. The van der Waals surface area contributed by atoms with Crippen LogP contribution in [-0.4, -0.2) is 27.0 Å². The molecule has 1 heterocycles. The Balaban J connectivity index is 1.75. The summed E-state index contributed by atoms with van der Waals surface area (Å²) in [4.78, 5) is 33.1. The number of aromatic amines is 1. The molecule has 32 heavy (non-hydrogen) atoms. The molecule has 2 N–H and O–H groups in total. The number of imidazole rings is 1. The van der Waals surface area contributed by atoms with Gasteiger partial charge in [-0.15, -0.1) is 0 Å². The molecule has 0 fully saturated rings. The van der Waals surface area contributed by atoms with Crippen molar-refractivity contribution in [1.29, 1.82) is 0 Å². The third kappa shape index (κ3) is 4.24. The quantitative estimate of drug-likeness (QED) is 0.380. The summed E-state index contributed by atoms with van der Waals surface area (Å²) in [5.74, 6) is -1.77. The molecule has 0 unspecified atom stereocenters. The van der Waals surface area contributed by atoms with Crippen LogP contribution in [-0.2, 0) is 19.2 Å². The summed E-state index contributed by atoms with van der Waals surface area (Å²) in [6.07, 6.45) is -0.446. The molecule has 0 saturated heterocycles. The predicted molar refractivity (Wildman–Crippen MR) is 123 cm³/mol. The normalized spacial score (nSPS) is 11.4. The van der Waals surface area contributed by atoms with E-state index in [9.17, 15) is 14.7 Å². The number of hydrogen-bond acceptors (Lipinski definition) is 5. The molecule has 0 aliphatic heterocycles. The third-order valence-corrected chi connectivity index (χ3v) is 6.00. The van der Waals surface area contributed by atoms with Gasteiger partial charge in [-0.25, -0.2) is 9.78 Å². The van der Waals surface area contributed by atoms with Gasteiger partial charge < -0.3 is 14.3 Å². The van der Waals surface area contributed by atoms with E-state index in [2.05, 4.69) is 9.97 Å². The summed E-state index contributed by atoms with van der Waals surface area (Å²) in [6, 6.07) is 22.1. The van der Waals surface area contributed by atoms with Crippen molar-refractivity contribution in [2.75, 3.05) is 0 Å². The van der Waals surface area contributed by atoms with Gasteiger partial charge in [-0.2, -0.15) is 0 Å². The number of fused-ring (bicyclic) bond motifs is 1. The number of carbonyl (C=O) groups excluding carboxylic acids is 1. The number of aryl methyl sites for hydroxylation is 2. The number of carbonyl (C=O) groups is 2. The molecule has 7 heteroatoms. The number of para-hydroxylation sites is 2. The van der Waals surface area contributed by atoms with E-state index in [1.54, 1.807) is 24.3 Å². The Labute approximate surface area is 189 Å². The molecule has 0 aliphatic rings. The van der Waals surface area contributed by atoms with Gasteiger partial charge in [0, 0.05) is 0 Å². The van der Waals surface area contributed by atoms with Crippen molar-refractivity contribution in [1.82, 2.24) is 9.97 Å². The van der Waals surface area contributed by atoms with Crippen LogP contribution in [0.5, 0.6) is 0 Å². The van der Waals surface area contributed by atoms with Crippen LogP contribution in [0.4, 0.5) is 0 Å². The van der Waals surface area contributed by atoms with E-state index in [-0.39, 0.29) is 0 Å². The Kier molecular flexibility index (Phi) is 6.01. The smallest absolute Gasteiger partial charge is 0.334 e. The number of carboxylic acid groups (broad SMARTS) is 1. The SMILES string of the molecule is Cc1ccc(C(CC(=O)O)(C(=O)OSc2nc3ccccc3[nH]2)c2ccc(C)cc2)cc1. The van der Waals surface area contributed by atoms with E-state index in [1.807, 2.05) is 62.4 Å². The minimum Gasteiger partial charge on any atom is -0.481 e. The monoisotopic (exact) mass is 446 g/mol. The van der Waals surface area contributed by atoms with Gasteiger partial charge in [-0.1, -0.05) is 71.8 Å². The molecule has 6 nitrogen and oxygen atoms in total. The minimum absolute atomic E-state index is 0.414. The molecule has 0 saturated carbocycles. The molecule has 3 aromatic carbocycles. The summed E-state index contributed by atoms with van der Waals surface area (Å²) >= 11 is 0.795. The molecule has 0 aliphatic carbocycles. The molecule has 162 valence electrons. The topological polar surface area (TPSA) is 92.3 Å². The molecule has 0 atom stereocenters. The van der Waals surface area contributed by atoms with Crippen molar-refractivity contribution in [2.45, 2.75) is 30.8 Å². The number of carboxylic acids is 1. The average Bonchev–Trinajstić information content (AvgIpc) is 3.20. The number of benzene rings is 3. The highest BCUT2D eigenvalue weighted by Crippen LogP contribution is 2.39. The number of hydrogen-bond donors (Lipinski definition) is 2. The summed E-state index contributed by atoms with van der Waals surface area (Å²) in [5.41, 5.74) is 3.19. The molecule has 4 aromatic rings. The molecule has 1 aromatic heterocycles. The second-order valence-electron chi connectivity index (χ2n) is 7.72. The van der Waals surface area contributed by atoms with Gasteiger partial charge in [-0.05, 0) is 37.1 Å². The van der Waals surface area contributed by atoms with E-state index in [1.165, 1.54) is 0 Å². The fourth-order valence-electron chi connectivity index (χ4n) is 3.70.